The van der Waals surface area contributed by atoms with E-state index in [9.17, 15) is 4.79 Å². The van der Waals surface area contributed by atoms with Crippen molar-refractivity contribution < 1.29 is 4.79 Å². The van der Waals surface area contributed by atoms with Crippen LogP contribution in [0.1, 0.15) is 13.3 Å². The van der Waals surface area contributed by atoms with Crippen LogP contribution >= 0.6 is 0 Å². The summed E-state index contributed by atoms with van der Waals surface area (Å²) >= 11 is 0. The summed E-state index contributed by atoms with van der Waals surface area (Å²) in [6.07, 6.45) is 0.418. The molecule has 0 spiro atoms. The number of carbonyl (C=O) groups is 1. The zero-order chi connectivity index (χ0) is 11.5. The lowest BCUT2D eigenvalue weighted by molar-refractivity contribution is -0.115. The van der Waals surface area contributed by atoms with Crippen LogP contribution in [0, 0.1) is 11.3 Å². The average Bonchev–Trinajstić information content (AvgIpc) is 2.28. The molecule has 1 unspecified atom stereocenters. The van der Waals surface area contributed by atoms with Crippen molar-refractivity contribution >= 4 is 17.3 Å². The quantitative estimate of drug-likeness (QED) is 0.817. The molecule has 0 saturated heterocycles. The monoisotopic (exact) mass is 215 g/mol. The van der Waals surface area contributed by atoms with E-state index in [0.29, 0.717) is 13.0 Å². The van der Waals surface area contributed by atoms with Gasteiger partial charge in [0.25, 0.3) is 0 Å². The van der Waals surface area contributed by atoms with Gasteiger partial charge in [-0.15, -0.1) is 0 Å². The summed E-state index contributed by atoms with van der Waals surface area (Å²) in [5.74, 6) is -0.0245. The first-order valence-electron chi connectivity index (χ1n) is 5.25. The maximum Gasteiger partial charge on any atom is 0.243 e. The molecule has 1 heterocycles. The Morgan fingerprint density at radius 1 is 1.56 bits per heavy atom. The van der Waals surface area contributed by atoms with Crippen LogP contribution < -0.4 is 10.2 Å². The average molecular weight is 215 g/mol. The minimum atomic E-state index is -0.0245. The van der Waals surface area contributed by atoms with E-state index in [1.165, 1.54) is 0 Å². The molecule has 82 valence electrons. The summed E-state index contributed by atoms with van der Waals surface area (Å²) in [6, 6.07) is 9.84. The third kappa shape index (κ3) is 1.84. The van der Waals surface area contributed by atoms with Crippen LogP contribution in [-0.2, 0) is 4.79 Å². The fourth-order valence-electron chi connectivity index (χ4n) is 1.89. The maximum absolute atomic E-state index is 11.5. The van der Waals surface area contributed by atoms with E-state index in [4.69, 9.17) is 5.26 Å². The number of nitriles is 1. The van der Waals surface area contributed by atoms with E-state index in [-0.39, 0.29) is 11.9 Å². The molecule has 1 aromatic rings. The van der Waals surface area contributed by atoms with Gasteiger partial charge in [0, 0.05) is 6.04 Å². The molecular weight excluding hydrogens is 202 g/mol. The summed E-state index contributed by atoms with van der Waals surface area (Å²) in [7, 11) is 0. The highest BCUT2D eigenvalue weighted by atomic mass is 16.2. The van der Waals surface area contributed by atoms with Crippen LogP contribution in [0.5, 0.6) is 0 Å². The summed E-state index contributed by atoms with van der Waals surface area (Å²) in [5, 5.41) is 11.5. The first kappa shape index (κ1) is 10.5. The fourth-order valence-corrected chi connectivity index (χ4v) is 1.89. The SMILES string of the molecule is CC(CC#N)N1CC(=O)Nc2ccccc21. The minimum Gasteiger partial charge on any atom is -0.357 e. The maximum atomic E-state index is 11.5. The van der Waals surface area contributed by atoms with Gasteiger partial charge >= 0.3 is 0 Å². The molecule has 16 heavy (non-hydrogen) atoms. The van der Waals surface area contributed by atoms with E-state index in [1.54, 1.807) is 0 Å². The van der Waals surface area contributed by atoms with Crippen LogP contribution in [0.3, 0.4) is 0 Å². The Morgan fingerprint density at radius 3 is 3.06 bits per heavy atom. The Bertz CT molecular complexity index is 450. The number of benzene rings is 1. The van der Waals surface area contributed by atoms with Crippen LogP contribution in [0.4, 0.5) is 11.4 Å². The highest BCUT2D eigenvalue weighted by Crippen LogP contribution is 2.30. The number of amides is 1. The number of rotatable bonds is 2. The Balaban J connectivity index is 2.34. The zero-order valence-electron chi connectivity index (χ0n) is 9.10. The van der Waals surface area contributed by atoms with Crippen molar-refractivity contribution in [2.45, 2.75) is 19.4 Å². The van der Waals surface area contributed by atoms with Gasteiger partial charge in [0.2, 0.25) is 5.91 Å². The second kappa shape index (κ2) is 4.23. The first-order chi connectivity index (χ1) is 7.72. The molecule has 1 N–H and O–H groups in total. The highest BCUT2D eigenvalue weighted by molar-refractivity contribution is 6.01. The summed E-state index contributed by atoms with van der Waals surface area (Å²) < 4.78 is 0. The lowest BCUT2D eigenvalue weighted by Crippen LogP contribution is -2.43. The number of fused-ring (bicyclic) bond motifs is 1. The van der Waals surface area contributed by atoms with Gasteiger partial charge in [0.05, 0.1) is 30.4 Å². The molecule has 2 rings (SSSR count). The van der Waals surface area contributed by atoms with Gasteiger partial charge < -0.3 is 10.2 Å². The molecule has 0 saturated carbocycles. The van der Waals surface area contributed by atoms with Gasteiger partial charge in [-0.1, -0.05) is 12.1 Å². The third-order valence-corrected chi connectivity index (χ3v) is 2.72. The van der Waals surface area contributed by atoms with Crippen LogP contribution in [0.2, 0.25) is 0 Å². The molecule has 1 aromatic carbocycles. The first-order valence-corrected chi connectivity index (χ1v) is 5.25. The van der Waals surface area contributed by atoms with Crippen molar-refractivity contribution in [3.05, 3.63) is 24.3 Å². The van der Waals surface area contributed by atoms with Gasteiger partial charge in [0.1, 0.15) is 0 Å². The number of hydrogen-bond acceptors (Lipinski definition) is 3. The molecule has 0 aromatic heterocycles. The molecule has 4 nitrogen and oxygen atoms in total. The lowest BCUT2D eigenvalue weighted by atomic mass is 10.1. The lowest BCUT2D eigenvalue weighted by Gasteiger charge is -2.34. The number of hydrogen-bond donors (Lipinski definition) is 1. The number of para-hydroxylation sites is 2. The van der Waals surface area contributed by atoms with Gasteiger partial charge in [-0.05, 0) is 19.1 Å². The molecule has 0 bridgehead atoms. The largest absolute Gasteiger partial charge is 0.357 e. The zero-order valence-corrected chi connectivity index (χ0v) is 9.10. The number of nitrogens with one attached hydrogen (secondary N) is 1. The van der Waals surface area contributed by atoms with E-state index in [0.717, 1.165) is 11.4 Å². The van der Waals surface area contributed by atoms with Crippen molar-refractivity contribution in [1.29, 1.82) is 5.26 Å². The van der Waals surface area contributed by atoms with Crippen LogP contribution in [0.25, 0.3) is 0 Å². The normalized spacial score (nSPS) is 16.0. The molecule has 0 aliphatic carbocycles. The van der Waals surface area contributed by atoms with Gasteiger partial charge in [-0.3, -0.25) is 4.79 Å². The molecule has 1 atom stereocenters. The van der Waals surface area contributed by atoms with E-state index < -0.39 is 0 Å². The predicted molar refractivity (Wildman–Crippen MR) is 62.1 cm³/mol. The topological polar surface area (TPSA) is 56.1 Å². The molecule has 1 aliphatic heterocycles. The standard InChI is InChI=1S/C12H13N3O/c1-9(6-7-13)15-8-12(16)14-10-4-2-3-5-11(10)15/h2-5,9H,6,8H2,1H3,(H,14,16). The van der Waals surface area contributed by atoms with E-state index in [1.807, 2.05) is 36.1 Å². The van der Waals surface area contributed by atoms with Gasteiger partial charge in [-0.25, -0.2) is 0 Å². The molecular formula is C12H13N3O. The Morgan fingerprint density at radius 2 is 2.31 bits per heavy atom. The van der Waals surface area contributed by atoms with Gasteiger partial charge in [-0.2, -0.15) is 5.26 Å². The number of carbonyl (C=O) groups excluding carboxylic acids is 1. The highest BCUT2D eigenvalue weighted by Gasteiger charge is 2.24. The van der Waals surface area contributed by atoms with E-state index >= 15 is 0 Å². The number of nitrogens with zero attached hydrogens (tertiary/aromatic N) is 2. The molecule has 4 heteroatoms. The molecule has 0 fully saturated rings. The summed E-state index contributed by atoms with van der Waals surface area (Å²) in [4.78, 5) is 13.5. The minimum absolute atomic E-state index is 0.0245. The van der Waals surface area contributed by atoms with E-state index in [2.05, 4.69) is 11.4 Å². The van der Waals surface area contributed by atoms with Crippen molar-refractivity contribution in [2.24, 2.45) is 0 Å². The van der Waals surface area contributed by atoms with Crippen molar-refractivity contribution in [3.8, 4) is 6.07 Å². The number of anilines is 2. The smallest absolute Gasteiger partial charge is 0.243 e. The van der Waals surface area contributed by atoms with Crippen LogP contribution in [0.15, 0.2) is 24.3 Å². The molecule has 1 aliphatic rings. The van der Waals surface area contributed by atoms with Crippen molar-refractivity contribution in [3.63, 3.8) is 0 Å². The van der Waals surface area contributed by atoms with Gasteiger partial charge in [0.15, 0.2) is 0 Å². The van der Waals surface area contributed by atoms with Crippen LogP contribution in [-0.4, -0.2) is 18.5 Å². The third-order valence-electron chi connectivity index (χ3n) is 2.72. The van der Waals surface area contributed by atoms with Crippen molar-refractivity contribution in [1.82, 2.24) is 0 Å². The Labute approximate surface area is 94.5 Å². The molecule has 1 amide bonds. The second-order valence-electron chi connectivity index (χ2n) is 3.90. The fraction of sp³-hybridized carbons (Fsp3) is 0.333. The Hall–Kier alpha value is -2.02. The Kier molecular flexibility index (Phi) is 2.78. The summed E-state index contributed by atoms with van der Waals surface area (Å²) in [6.45, 7) is 2.28. The predicted octanol–water partition coefficient (Wildman–Crippen LogP) is 1.75. The van der Waals surface area contributed by atoms with Crippen molar-refractivity contribution in [2.75, 3.05) is 16.8 Å². The summed E-state index contributed by atoms with van der Waals surface area (Å²) in [5.41, 5.74) is 1.81. The second-order valence-corrected chi connectivity index (χ2v) is 3.90. The molecule has 0 radical (unpaired) electrons.